The lowest BCUT2D eigenvalue weighted by Gasteiger charge is -2.15. The number of hydrogen-bond acceptors (Lipinski definition) is 6. The van der Waals surface area contributed by atoms with Crippen LogP contribution in [0.2, 0.25) is 0 Å². The molecule has 0 fully saturated rings. The van der Waals surface area contributed by atoms with Gasteiger partial charge in [0.1, 0.15) is 24.4 Å². The highest BCUT2D eigenvalue weighted by Crippen LogP contribution is 2.35. The molecule has 0 spiro atoms. The first-order valence-electron chi connectivity index (χ1n) is 6.86. The summed E-state index contributed by atoms with van der Waals surface area (Å²) in [5, 5.41) is 2.21. The summed E-state index contributed by atoms with van der Waals surface area (Å²) in [5.74, 6) is 0.230. The van der Waals surface area contributed by atoms with Gasteiger partial charge in [0.05, 0.1) is 19.1 Å². The molecule has 2 aromatic rings. The van der Waals surface area contributed by atoms with Crippen LogP contribution in [-0.2, 0) is 10.0 Å². The number of hydrogen-bond donors (Lipinski definition) is 2. The normalized spacial score (nSPS) is 11.9. The van der Waals surface area contributed by atoms with Crippen molar-refractivity contribution in [1.29, 1.82) is 0 Å². The summed E-state index contributed by atoms with van der Waals surface area (Å²) in [6, 6.07) is 4.38. The monoisotopic (exact) mass is 376 g/mol. The minimum absolute atomic E-state index is 0.0190. The van der Waals surface area contributed by atoms with Crippen molar-refractivity contribution in [3.63, 3.8) is 0 Å². The number of ether oxygens (including phenoxy) is 1. The van der Waals surface area contributed by atoms with Crippen LogP contribution in [0.15, 0.2) is 30.7 Å². The molecule has 25 heavy (non-hydrogen) atoms. The lowest BCUT2D eigenvalue weighted by Crippen LogP contribution is -2.22. The predicted molar refractivity (Wildman–Crippen MR) is 87.0 cm³/mol. The number of anilines is 2. The summed E-state index contributed by atoms with van der Waals surface area (Å²) in [5.41, 5.74) is 0.950. The number of aromatic nitrogens is 2. The Kier molecular flexibility index (Phi) is 5.36. The fourth-order valence-electron chi connectivity index (χ4n) is 2.04. The maximum Gasteiger partial charge on any atom is 0.405 e. The smallest absolute Gasteiger partial charge is 0.405 e. The van der Waals surface area contributed by atoms with Gasteiger partial charge in [-0.05, 0) is 12.1 Å². The van der Waals surface area contributed by atoms with Crippen molar-refractivity contribution in [2.75, 3.05) is 29.9 Å². The van der Waals surface area contributed by atoms with Crippen LogP contribution in [0.4, 0.5) is 24.7 Å². The minimum atomic E-state index is -4.41. The molecule has 136 valence electrons. The van der Waals surface area contributed by atoms with Crippen LogP contribution in [0.3, 0.4) is 0 Å². The lowest BCUT2D eigenvalue weighted by molar-refractivity contribution is -0.115. The zero-order chi connectivity index (χ0) is 18.7. The second-order valence-corrected chi connectivity index (χ2v) is 6.79. The van der Waals surface area contributed by atoms with Crippen molar-refractivity contribution >= 4 is 21.5 Å². The van der Waals surface area contributed by atoms with Gasteiger partial charge in [0, 0.05) is 23.4 Å². The number of methoxy groups -OCH3 is 1. The molecular formula is C14H15F3N4O3S. The van der Waals surface area contributed by atoms with Gasteiger partial charge in [-0.25, -0.2) is 18.4 Å². The molecular weight excluding hydrogens is 361 g/mol. The van der Waals surface area contributed by atoms with Gasteiger partial charge >= 0.3 is 6.18 Å². The van der Waals surface area contributed by atoms with Crippen LogP contribution in [0.25, 0.3) is 11.1 Å². The lowest BCUT2D eigenvalue weighted by atomic mass is 10.1. The number of rotatable bonds is 6. The van der Waals surface area contributed by atoms with E-state index < -0.39 is 22.7 Å². The number of nitrogens with one attached hydrogen (secondary N) is 2. The second-order valence-electron chi connectivity index (χ2n) is 5.04. The van der Waals surface area contributed by atoms with E-state index >= 15 is 0 Å². The third-order valence-corrected chi connectivity index (χ3v) is 3.57. The number of sulfonamides is 1. The van der Waals surface area contributed by atoms with Gasteiger partial charge in [-0.1, -0.05) is 0 Å². The molecule has 1 aromatic carbocycles. The Morgan fingerprint density at radius 1 is 1.24 bits per heavy atom. The van der Waals surface area contributed by atoms with Gasteiger partial charge in [-0.2, -0.15) is 13.2 Å². The highest BCUT2D eigenvalue weighted by molar-refractivity contribution is 7.92. The van der Waals surface area contributed by atoms with E-state index in [9.17, 15) is 21.6 Å². The van der Waals surface area contributed by atoms with Crippen molar-refractivity contribution in [2.45, 2.75) is 6.18 Å². The van der Waals surface area contributed by atoms with Gasteiger partial charge in [-0.15, -0.1) is 0 Å². The summed E-state index contributed by atoms with van der Waals surface area (Å²) >= 11 is 0. The van der Waals surface area contributed by atoms with E-state index in [0.29, 0.717) is 5.56 Å². The third-order valence-electron chi connectivity index (χ3n) is 2.96. The molecule has 2 N–H and O–H groups in total. The molecule has 2 rings (SSSR count). The van der Waals surface area contributed by atoms with Gasteiger partial charge in [0.15, 0.2) is 0 Å². The maximum atomic E-state index is 12.4. The molecule has 0 amide bonds. The molecule has 0 aliphatic rings. The first-order valence-corrected chi connectivity index (χ1v) is 8.75. The van der Waals surface area contributed by atoms with Crippen molar-refractivity contribution < 1.29 is 26.3 Å². The fourth-order valence-corrected chi connectivity index (χ4v) is 2.60. The molecule has 1 aromatic heterocycles. The van der Waals surface area contributed by atoms with E-state index in [0.717, 1.165) is 12.6 Å². The predicted octanol–water partition coefficient (Wildman–Crippen LogP) is 2.50. The summed E-state index contributed by atoms with van der Waals surface area (Å²) in [6.45, 7) is -1.26. The first kappa shape index (κ1) is 18.8. The molecule has 0 saturated heterocycles. The highest BCUT2D eigenvalue weighted by Gasteiger charge is 2.27. The molecule has 0 bridgehead atoms. The topological polar surface area (TPSA) is 93.2 Å². The van der Waals surface area contributed by atoms with E-state index in [-0.39, 0.29) is 22.8 Å². The Hall–Kier alpha value is -2.56. The Labute approximate surface area is 142 Å². The maximum absolute atomic E-state index is 12.4. The van der Waals surface area contributed by atoms with Gasteiger partial charge < -0.3 is 10.1 Å². The average molecular weight is 376 g/mol. The fraction of sp³-hybridized carbons (Fsp3) is 0.286. The SMILES string of the molecule is COc1cc(NS(C)(=O)=O)ccc1-c1cncnc1NCC(F)(F)F. The molecule has 0 radical (unpaired) electrons. The van der Waals surface area contributed by atoms with E-state index in [4.69, 9.17) is 4.74 Å². The zero-order valence-corrected chi connectivity index (χ0v) is 14.1. The second kappa shape index (κ2) is 7.13. The summed E-state index contributed by atoms with van der Waals surface area (Å²) in [7, 11) is -2.12. The average Bonchev–Trinajstić information content (AvgIpc) is 2.51. The molecule has 1 heterocycles. The van der Waals surface area contributed by atoms with Crippen molar-refractivity contribution in [1.82, 2.24) is 9.97 Å². The van der Waals surface area contributed by atoms with Crippen LogP contribution in [0.1, 0.15) is 0 Å². The Morgan fingerprint density at radius 3 is 2.56 bits per heavy atom. The standard InChI is InChI=1S/C14H15F3N4O3S/c1-24-12-5-9(21-25(2,22)23)3-4-10(12)11-6-18-8-20-13(11)19-7-14(15,16)17/h3-6,8,21H,7H2,1-2H3,(H,18,19,20). The van der Waals surface area contributed by atoms with E-state index in [1.165, 1.54) is 31.5 Å². The highest BCUT2D eigenvalue weighted by atomic mass is 32.2. The van der Waals surface area contributed by atoms with Gasteiger partial charge in [-0.3, -0.25) is 4.72 Å². The molecule has 7 nitrogen and oxygen atoms in total. The van der Waals surface area contributed by atoms with Crippen LogP contribution >= 0.6 is 0 Å². The Balaban J connectivity index is 2.41. The van der Waals surface area contributed by atoms with Crippen LogP contribution in [0.5, 0.6) is 5.75 Å². The summed E-state index contributed by atoms with van der Waals surface area (Å²) in [4.78, 5) is 7.65. The number of alkyl halides is 3. The Morgan fingerprint density at radius 2 is 1.96 bits per heavy atom. The van der Waals surface area contributed by atoms with Gasteiger partial charge in [0.25, 0.3) is 0 Å². The molecule has 0 aliphatic heterocycles. The number of nitrogens with zero attached hydrogens (tertiary/aromatic N) is 2. The quantitative estimate of drug-likeness (QED) is 0.805. The number of halogens is 3. The van der Waals surface area contributed by atoms with Crippen molar-refractivity contribution in [3.8, 4) is 16.9 Å². The zero-order valence-electron chi connectivity index (χ0n) is 13.3. The van der Waals surface area contributed by atoms with Crippen LogP contribution < -0.4 is 14.8 Å². The minimum Gasteiger partial charge on any atom is -0.496 e. The van der Waals surface area contributed by atoms with Gasteiger partial charge in [0.2, 0.25) is 10.0 Å². The largest absolute Gasteiger partial charge is 0.496 e. The number of benzene rings is 1. The Bertz CT molecular complexity index is 857. The summed E-state index contributed by atoms with van der Waals surface area (Å²) < 4.78 is 67.4. The van der Waals surface area contributed by atoms with E-state index in [1.807, 2.05) is 0 Å². The van der Waals surface area contributed by atoms with Crippen molar-refractivity contribution in [2.24, 2.45) is 0 Å². The van der Waals surface area contributed by atoms with E-state index in [2.05, 4.69) is 20.0 Å². The van der Waals surface area contributed by atoms with E-state index in [1.54, 1.807) is 0 Å². The molecule has 0 atom stereocenters. The van der Waals surface area contributed by atoms with Crippen LogP contribution in [0, 0.1) is 0 Å². The molecule has 0 saturated carbocycles. The molecule has 0 unspecified atom stereocenters. The molecule has 0 aliphatic carbocycles. The summed E-state index contributed by atoms with van der Waals surface area (Å²) in [6.07, 6.45) is -0.950. The van der Waals surface area contributed by atoms with Crippen LogP contribution in [-0.4, -0.2) is 44.5 Å². The third kappa shape index (κ3) is 5.48. The van der Waals surface area contributed by atoms with Crippen molar-refractivity contribution in [3.05, 3.63) is 30.7 Å². The molecule has 11 heteroatoms. The first-order chi connectivity index (χ1) is 11.6.